The number of rotatable bonds is 9. The number of aromatic nitrogens is 1. The van der Waals surface area contributed by atoms with Crippen molar-refractivity contribution in [1.29, 1.82) is 0 Å². The number of esters is 1. The van der Waals surface area contributed by atoms with Crippen molar-refractivity contribution in [2.24, 2.45) is 11.8 Å². The Morgan fingerprint density at radius 3 is 2.76 bits per heavy atom. The minimum atomic E-state index is -0.0502. The molecular weight excluding hydrogens is 384 g/mol. The smallest absolute Gasteiger partial charge is 0.306 e. The average molecular weight is 413 g/mol. The van der Waals surface area contributed by atoms with Gasteiger partial charge in [-0.25, -0.2) is 0 Å². The highest BCUT2D eigenvalue weighted by molar-refractivity contribution is 9.10. The summed E-state index contributed by atoms with van der Waals surface area (Å²) in [7, 11) is 0. The molecule has 0 spiro atoms. The van der Waals surface area contributed by atoms with Gasteiger partial charge in [0.25, 0.3) is 0 Å². The monoisotopic (exact) mass is 412 g/mol. The van der Waals surface area contributed by atoms with Crippen LogP contribution in [0.15, 0.2) is 16.7 Å². The predicted octanol–water partition coefficient (Wildman–Crippen LogP) is 3.23. The number of halogens is 1. The Bertz CT molecular complexity index is 545. The number of pyridine rings is 1. The number of nitrogens with one attached hydrogen (secondary N) is 1. The third kappa shape index (κ3) is 7.04. The van der Waals surface area contributed by atoms with Crippen LogP contribution in [-0.4, -0.2) is 35.8 Å². The lowest BCUT2D eigenvalue weighted by Crippen LogP contribution is -2.29. The molecule has 6 heteroatoms. The number of ether oxygens (including phenoxy) is 1. The second-order valence-electron chi connectivity index (χ2n) is 6.77. The van der Waals surface area contributed by atoms with Crippen LogP contribution in [0.5, 0.6) is 0 Å². The summed E-state index contributed by atoms with van der Waals surface area (Å²) < 4.78 is 5.94. The Hall–Kier alpha value is -0.980. The molecule has 0 unspecified atom stereocenters. The summed E-state index contributed by atoms with van der Waals surface area (Å²) in [6.07, 6.45) is 7.76. The van der Waals surface area contributed by atoms with Gasteiger partial charge in [0.1, 0.15) is 0 Å². The van der Waals surface area contributed by atoms with E-state index >= 15 is 0 Å². The molecule has 2 rings (SSSR count). The van der Waals surface area contributed by atoms with E-state index in [9.17, 15) is 9.90 Å². The second kappa shape index (κ2) is 10.9. The first-order valence-corrected chi connectivity index (χ1v) is 10.0. The van der Waals surface area contributed by atoms with Crippen LogP contribution in [0.25, 0.3) is 0 Å². The summed E-state index contributed by atoms with van der Waals surface area (Å²) in [5.74, 6) is 1.13. The number of carbonyl (C=O) groups is 1. The van der Waals surface area contributed by atoms with Crippen LogP contribution in [0.1, 0.15) is 50.3 Å². The number of aliphatic hydroxyl groups excluding tert-OH is 1. The molecule has 0 saturated heterocycles. The van der Waals surface area contributed by atoms with Gasteiger partial charge in [0, 0.05) is 41.3 Å². The predicted molar refractivity (Wildman–Crippen MR) is 101 cm³/mol. The molecule has 2 N–H and O–H groups in total. The Kier molecular flexibility index (Phi) is 8.85. The van der Waals surface area contributed by atoms with Crippen LogP contribution in [0.3, 0.4) is 0 Å². The zero-order valence-corrected chi connectivity index (χ0v) is 16.6. The maximum atomic E-state index is 11.6. The maximum Gasteiger partial charge on any atom is 0.306 e. The molecule has 1 aromatic heterocycles. The van der Waals surface area contributed by atoms with Crippen LogP contribution >= 0.6 is 15.9 Å². The molecule has 1 aliphatic carbocycles. The lowest BCUT2D eigenvalue weighted by Gasteiger charge is -2.28. The molecule has 5 nitrogen and oxygen atoms in total. The molecule has 0 amide bonds. The second-order valence-corrected chi connectivity index (χ2v) is 7.68. The van der Waals surface area contributed by atoms with E-state index in [1.165, 1.54) is 12.8 Å². The van der Waals surface area contributed by atoms with E-state index in [0.717, 1.165) is 48.1 Å². The molecule has 0 bridgehead atoms. The van der Waals surface area contributed by atoms with Crippen LogP contribution in [0.2, 0.25) is 0 Å². The van der Waals surface area contributed by atoms with Gasteiger partial charge in [0.15, 0.2) is 0 Å². The normalized spacial score (nSPS) is 20.4. The maximum absolute atomic E-state index is 11.6. The summed E-state index contributed by atoms with van der Waals surface area (Å²) in [6, 6.07) is 1.92. The van der Waals surface area contributed by atoms with Crippen LogP contribution in [0, 0.1) is 11.8 Å². The molecular formula is C19H29BrN2O3. The third-order valence-electron chi connectivity index (χ3n) is 4.90. The van der Waals surface area contributed by atoms with Gasteiger partial charge in [0.05, 0.1) is 13.2 Å². The Balaban J connectivity index is 1.63. The Labute approximate surface area is 158 Å². The van der Waals surface area contributed by atoms with Gasteiger partial charge < -0.3 is 15.2 Å². The van der Waals surface area contributed by atoms with Crippen molar-refractivity contribution in [3.63, 3.8) is 0 Å². The molecule has 25 heavy (non-hydrogen) atoms. The van der Waals surface area contributed by atoms with Crippen LogP contribution in [0.4, 0.5) is 0 Å². The number of hydrogen-bond donors (Lipinski definition) is 2. The summed E-state index contributed by atoms with van der Waals surface area (Å²) in [4.78, 5) is 15.9. The fraction of sp³-hybridized carbons (Fsp3) is 0.684. The van der Waals surface area contributed by atoms with Crippen molar-refractivity contribution in [3.8, 4) is 0 Å². The molecule has 1 aromatic rings. The highest BCUT2D eigenvalue weighted by atomic mass is 79.9. The largest absolute Gasteiger partial charge is 0.466 e. The average Bonchev–Trinajstić information content (AvgIpc) is 2.61. The Morgan fingerprint density at radius 1 is 1.36 bits per heavy atom. The van der Waals surface area contributed by atoms with Gasteiger partial charge in [0.2, 0.25) is 0 Å². The topological polar surface area (TPSA) is 71.5 Å². The summed E-state index contributed by atoms with van der Waals surface area (Å²) in [6.45, 7) is 4.23. The highest BCUT2D eigenvalue weighted by Gasteiger charge is 2.23. The molecule has 0 atom stereocenters. The number of aliphatic hydroxyl groups is 1. The summed E-state index contributed by atoms with van der Waals surface area (Å²) >= 11 is 3.38. The fourth-order valence-electron chi connectivity index (χ4n) is 3.48. The number of carbonyl (C=O) groups excluding carboxylic acids is 1. The van der Waals surface area contributed by atoms with E-state index in [0.29, 0.717) is 24.9 Å². The number of nitrogens with zero attached hydrogens (tertiary/aromatic N) is 1. The molecule has 1 fully saturated rings. The van der Waals surface area contributed by atoms with Crippen LogP contribution < -0.4 is 5.32 Å². The van der Waals surface area contributed by atoms with Crippen LogP contribution in [-0.2, 0) is 22.6 Å². The molecule has 0 aromatic carbocycles. The van der Waals surface area contributed by atoms with Crippen molar-refractivity contribution in [2.75, 3.05) is 19.7 Å². The van der Waals surface area contributed by atoms with E-state index in [1.807, 2.05) is 13.0 Å². The fourth-order valence-corrected chi connectivity index (χ4v) is 3.86. The lowest BCUT2D eigenvalue weighted by molar-refractivity contribution is -0.144. The standard InChI is InChI=1S/C19H29BrN2O3/c1-2-25-19(24)9-14-3-5-15(6-4-14)11-21-8-7-18-16(13-23)10-17(20)12-22-18/h10,12,14-15,21,23H,2-9,11,13H2,1H3. The molecule has 1 aliphatic rings. The zero-order valence-electron chi connectivity index (χ0n) is 15.0. The lowest BCUT2D eigenvalue weighted by atomic mass is 9.80. The molecule has 0 aliphatic heterocycles. The first kappa shape index (κ1) is 20.3. The molecule has 1 saturated carbocycles. The van der Waals surface area contributed by atoms with Gasteiger partial charge in [-0.3, -0.25) is 9.78 Å². The van der Waals surface area contributed by atoms with E-state index in [2.05, 4.69) is 26.2 Å². The van der Waals surface area contributed by atoms with E-state index in [4.69, 9.17) is 4.74 Å². The minimum Gasteiger partial charge on any atom is -0.466 e. The van der Waals surface area contributed by atoms with Gasteiger partial charge in [-0.15, -0.1) is 0 Å². The first-order chi connectivity index (χ1) is 12.1. The van der Waals surface area contributed by atoms with E-state index in [-0.39, 0.29) is 12.6 Å². The van der Waals surface area contributed by atoms with Gasteiger partial charge in [-0.05, 0) is 73.0 Å². The van der Waals surface area contributed by atoms with Gasteiger partial charge in [-0.2, -0.15) is 0 Å². The van der Waals surface area contributed by atoms with E-state index in [1.54, 1.807) is 6.20 Å². The van der Waals surface area contributed by atoms with Crippen molar-refractivity contribution in [3.05, 3.63) is 28.0 Å². The molecule has 1 heterocycles. The van der Waals surface area contributed by atoms with Crippen molar-refractivity contribution in [1.82, 2.24) is 10.3 Å². The zero-order chi connectivity index (χ0) is 18.1. The van der Waals surface area contributed by atoms with Crippen molar-refractivity contribution in [2.45, 2.75) is 52.1 Å². The summed E-state index contributed by atoms with van der Waals surface area (Å²) in [5, 5.41) is 12.9. The van der Waals surface area contributed by atoms with Crippen molar-refractivity contribution < 1.29 is 14.6 Å². The van der Waals surface area contributed by atoms with Gasteiger partial charge >= 0.3 is 5.97 Å². The quantitative estimate of drug-likeness (QED) is 0.481. The van der Waals surface area contributed by atoms with E-state index < -0.39 is 0 Å². The number of hydrogen-bond acceptors (Lipinski definition) is 5. The first-order valence-electron chi connectivity index (χ1n) is 9.22. The third-order valence-corrected chi connectivity index (χ3v) is 5.33. The SMILES string of the molecule is CCOC(=O)CC1CCC(CNCCc2ncc(Br)cc2CO)CC1. The summed E-state index contributed by atoms with van der Waals surface area (Å²) in [5.41, 5.74) is 1.84. The molecule has 0 radical (unpaired) electrons. The van der Waals surface area contributed by atoms with Crippen molar-refractivity contribution >= 4 is 21.9 Å². The molecule has 140 valence electrons. The minimum absolute atomic E-state index is 0.0201. The van der Waals surface area contributed by atoms with Gasteiger partial charge in [-0.1, -0.05) is 0 Å². The highest BCUT2D eigenvalue weighted by Crippen LogP contribution is 2.30. The Morgan fingerprint density at radius 2 is 2.08 bits per heavy atom.